The molecule has 0 bridgehead atoms. The first-order valence-electron chi connectivity index (χ1n) is 8.61. The van der Waals surface area contributed by atoms with Crippen molar-refractivity contribution in [1.29, 1.82) is 0 Å². The van der Waals surface area contributed by atoms with E-state index in [1.807, 2.05) is 7.05 Å². The van der Waals surface area contributed by atoms with Gasteiger partial charge in [0.1, 0.15) is 11.6 Å². The second-order valence-corrected chi connectivity index (χ2v) is 7.21. The summed E-state index contributed by atoms with van der Waals surface area (Å²) in [5.74, 6) is 3.12. The standard InChI is InChI=1S/C16H21F3N6/c1-24(9-13-21-15(23-22-13)11-3-4-11)6-10-2-5-14-20-12(16(17,18)19)8-25(14)7-10/h8,10-11H,2-7,9H2,1H3,(H,21,22,23)/t10-/m1/s1. The molecule has 1 aliphatic carbocycles. The Morgan fingerprint density at radius 1 is 1.28 bits per heavy atom. The van der Waals surface area contributed by atoms with Crippen LogP contribution in [0.3, 0.4) is 0 Å². The number of aromatic amines is 1. The molecule has 3 heterocycles. The SMILES string of the molecule is CN(Cc1nc(C2CC2)n[nH]1)C[C@H]1CCc2nc(C(F)(F)F)cn2C1. The van der Waals surface area contributed by atoms with Crippen LogP contribution in [-0.4, -0.2) is 43.2 Å². The van der Waals surface area contributed by atoms with Gasteiger partial charge in [0, 0.05) is 31.6 Å². The van der Waals surface area contributed by atoms with Gasteiger partial charge in [-0.2, -0.15) is 18.3 Å². The number of halogens is 3. The first kappa shape index (κ1) is 16.6. The third-order valence-corrected chi connectivity index (χ3v) is 4.86. The second-order valence-electron chi connectivity index (χ2n) is 7.21. The lowest BCUT2D eigenvalue weighted by Gasteiger charge is -2.27. The van der Waals surface area contributed by atoms with Gasteiger partial charge in [-0.25, -0.2) is 9.97 Å². The monoisotopic (exact) mass is 354 g/mol. The van der Waals surface area contributed by atoms with Gasteiger partial charge >= 0.3 is 6.18 Å². The maximum atomic E-state index is 12.8. The van der Waals surface area contributed by atoms with Gasteiger partial charge in [0.15, 0.2) is 11.5 Å². The van der Waals surface area contributed by atoms with Crippen molar-refractivity contribution >= 4 is 0 Å². The Hall–Kier alpha value is -1.90. The van der Waals surface area contributed by atoms with E-state index in [-0.39, 0.29) is 0 Å². The lowest BCUT2D eigenvalue weighted by Crippen LogP contribution is -2.31. The Balaban J connectivity index is 1.34. The van der Waals surface area contributed by atoms with Gasteiger partial charge in [0.05, 0.1) is 6.54 Å². The van der Waals surface area contributed by atoms with Crippen LogP contribution < -0.4 is 0 Å². The molecular weight excluding hydrogens is 333 g/mol. The van der Waals surface area contributed by atoms with Crippen LogP contribution in [0.4, 0.5) is 13.2 Å². The van der Waals surface area contributed by atoms with Gasteiger partial charge in [0.2, 0.25) is 0 Å². The third kappa shape index (κ3) is 3.70. The molecule has 9 heteroatoms. The molecule has 0 unspecified atom stereocenters. The topological polar surface area (TPSA) is 62.6 Å². The minimum atomic E-state index is -4.37. The summed E-state index contributed by atoms with van der Waals surface area (Å²) < 4.78 is 40.0. The summed E-state index contributed by atoms with van der Waals surface area (Å²) in [5, 5.41) is 7.24. The summed E-state index contributed by atoms with van der Waals surface area (Å²) >= 11 is 0. The van der Waals surface area contributed by atoms with Gasteiger partial charge in [-0.1, -0.05) is 0 Å². The van der Waals surface area contributed by atoms with E-state index in [1.54, 1.807) is 4.57 Å². The molecular formula is C16H21F3N6. The highest BCUT2D eigenvalue weighted by atomic mass is 19.4. The van der Waals surface area contributed by atoms with Crippen molar-refractivity contribution in [3.63, 3.8) is 0 Å². The van der Waals surface area contributed by atoms with Crippen LogP contribution in [0.15, 0.2) is 6.20 Å². The van der Waals surface area contributed by atoms with Crippen molar-refractivity contribution in [2.24, 2.45) is 5.92 Å². The van der Waals surface area contributed by atoms with E-state index in [1.165, 1.54) is 12.8 Å². The normalized spacial score (nSPS) is 20.9. The van der Waals surface area contributed by atoms with Gasteiger partial charge in [-0.15, -0.1) is 0 Å². The van der Waals surface area contributed by atoms with Crippen molar-refractivity contribution in [3.05, 3.63) is 29.4 Å². The molecule has 0 radical (unpaired) electrons. The third-order valence-electron chi connectivity index (χ3n) is 4.86. The molecule has 1 saturated carbocycles. The Kier molecular flexibility index (Phi) is 4.05. The molecule has 0 amide bonds. The first-order chi connectivity index (χ1) is 11.9. The van der Waals surface area contributed by atoms with E-state index in [0.717, 1.165) is 30.8 Å². The lowest BCUT2D eigenvalue weighted by molar-refractivity contribution is -0.141. The molecule has 4 rings (SSSR count). The highest BCUT2D eigenvalue weighted by molar-refractivity contribution is 5.10. The average Bonchev–Trinajstić information content (AvgIpc) is 3.12. The quantitative estimate of drug-likeness (QED) is 0.897. The fourth-order valence-corrected chi connectivity index (χ4v) is 3.47. The van der Waals surface area contributed by atoms with Crippen LogP contribution in [0.2, 0.25) is 0 Å². The summed E-state index contributed by atoms with van der Waals surface area (Å²) in [5.41, 5.74) is -0.786. The Bertz CT molecular complexity index is 745. The molecule has 136 valence electrons. The van der Waals surface area contributed by atoms with E-state index in [2.05, 4.69) is 25.1 Å². The van der Waals surface area contributed by atoms with Crippen molar-refractivity contribution in [3.8, 4) is 0 Å². The zero-order chi connectivity index (χ0) is 17.6. The predicted molar refractivity (Wildman–Crippen MR) is 83.7 cm³/mol. The van der Waals surface area contributed by atoms with E-state index >= 15 is 0 Å². The van der Waals surface area contributed by atoms with Crippen molar-refractivity contribution in [1.82, 2.24) is 29.6 Å². The molecule has 1 fully saturated rings. The van der Waals surface area contributed by atoms with E-state index in [9.17, 15) is 13.2 Å². The second kappa shape index (κ2) is 6.12. The molecule has 2 aromatic heterocycles. The molecule has 0 saturated heterocycles. The largest absolute Gasteiger partial charge is 0.434 e. The minimum Gasteiger partial charge on any atom is -0.334 e. The Labute approximate surface area is 143 Å². The number of nitrogens with zero attached hydrogens (tertiary/aromatic N) is 5. The number of aromatic nitrogens is 5. The fraction of sp³-hybridized carbons (Fsp3) is 0.688. The van der Waals surface area contributed by atoms with Crippen LogP contribution in [0.1, 0.15) is 48.3 Å². The molecule has 2 aromatic rings. The number of nitrogens with one attached hydrogen (secondary N) is 1. The lowest BCUT2D eigenvalue weighted by atomic mass is 9.99. The van der Waals surface area contributed by atoms with E-state index < -0.39 is 11.9 Å². The zero-order valence-electron chi connectivity index (χ0n) is 14.1. The molecule has 1 aliphatic heterocycles. The van der Waals surface area contributed by atoms with Crippen LogP contribution in [0.25, 0.3) is 0 Å². The molecule has 1 atom stereocenters. The number of rotatable bonds is 5. The summed E-state index contributed by atoms with van der Waals surface area (Å²) in [6.45, 7) is 2.05. The number of hydrogen-bond acceptors (Lipinski definition) is 4. The summed E-state index contributed by atoms with van der Waals surface area (Å²) in [6.07, 6.45) is 0.540. The van der Waals surface area contributed by atoms with E-state index in [0.29, 0.717) is 37.2 Å². The van der Waals surface area contributed by atoms with Crippen molar-refractivity contribution in [2.75, 3.05) is 13.6 Å². The van der Waals surface area contributed by atoms with Gasteiger partial charge in [0.25, 0.3) is 0 Å². The number of H-pyrrole nitrogens is 1. The fourth-order valence-electron chi connectivity index (χ4n) is 3.47. The molecule has 0 spiro atoms. The van der Waals surface area contributed by atoms with Gasteiger partial charge < -0.3 is 4.57 Å². The highest BCUT2D eigenvalue weighted by Gasteiger charge is 2.36. The maximum Gasteiger partial charge on any atom is 0.434 e. The molecule has 1 N–H and O–H groups in total. The minimum absolute atomic E-state index is 0.304. The van der Waals surface area contributed by atoms with Gasteiger partial charge in [-0.3, -0.25) is 10.00 Å². The van der Waals surface area contributed by atoms with Crippen LogP contribution in [-0.2, 0) is 25.7 Å². The summed E-state index contributed by atoms with van der Waals surface area (Å²) in [7, 11) is 2.00. The summed E-state index contributed by atoms with van der Waals surface area (Å²) in [6, 6.07) is 0. The van der Waals surface area contributed by atoms with Crippen molar-refractivity contribution < 1.29 is 13.2 Å². The molecule has 6 nitrogen and oxygen atoms in total. The zero-order valence-corrected chi connectivity index (χ0v) is 14.1. The Morgan fingerprint density at radius 2 is 2.08 bits per heavy atom. The smallest absolute Gasteiger partial charge is 0.334 e. The average molecular weight is 354 g/mol. The van der Waals surface area contributed by atoms with Gasteiger partial charge in [-0.05, 0) is 32.2 Å². The first-order valence-corrected chi connectivity index (χ1v) is 8.61. The summed E-state index contributed by atoms with van der Waals surface area (Å²) in [4.78, 5) is 10.4. The van der Waals surface area contributed by atoms with Crippen LogP contribution in [0.5, 0.6) is 0 Å². The highest BCUT2D eigenvalue weighted by Crippen LogP contribution is 2.37. The number of aryl methyl sites for hydroxylation is 1. The number of alkyl halides is 3. The Morgan fingerprint density at radius 3 is 2.80 bits per heavy atom. The number of imidazole rings is 1. The molecule has 2 aliphatic rings. The maximum absolute atomic E-state index is 12.8. The van der Waals surface area contributed by atoms with Crippen molar-refractivity contribution in [2.45, 2.75) is 50.9 Å². The predicted octanol–water partition coefficient (Wildman–Crippen LogP) is 2.59. The molecule has 0 aromatic carbocycles. The van der Waals surface area contributed by atoms with E-state index in [4.69, 9.17) is 0 Å². The van der Waals surface area contributed by atoms with Crippen LogP contribution >= 0.6 is 0 Å². The molecule has 25 heavy (non-hydrogen) atoms. The number of hydrogen-bond donors (Lipinski definition) is 1. The number of fused-ring (bicyclic) bond motifs is 1. The van der Waals surface area contributed by atoms with Crippen LogP contribution in [0, 0.1) is 5.92 Å².